The summed E-state index contributed by atoms with van der Waals surface area (Å²) in [6, 6.07) is 0. The smallest absolute Gasteiger partial charge is 0.238 e. The number of rotatable bonds is 1. The molecule has 0 bridgehead atoms. The van der Waals surface area contributed by atoms with Gasteiger partial charge in [-0.15, -0.1) is 12.8 Å². The molecular weight excluding hydrogens is 160 g/mol. The fourth-order valence-electron chi connectivity index (χ4n) is 0.625. The second-order valence-corrected chi connectivity index (χ2v) is 2.26. The van der Waals surface area contributed by atoms with E-state index in [0.717, 1.165) is 0 Å². The number of nitrogens with one attached hydrogen (secondary N) is 1. The molecule has 1 saturated heterocycles. The Hall–Kier alpha value is -0.620. The summed E-state index contributed by atoms with van der Waals surface area (Å²) >= 11 is 0. The molecule has 0 saturated carbocycles. The molecule has 0 aromatic heterocycles. The maximum Gasteiger partial charge on any atom is 0.238 e. The van der Waals surface area contributed by atoms with Crippen LogP contribution in [0.2, 0.25) is 0 Å². The van der Waals surface area contributed by atoms with Gasteiger partial charge < -0.3 is 5.32 Å². The van der Waals surface area contributed by atoms with Crippen molar-refractivity contribution in [1.82, 2.24) is 5.32 Å². The summed E-state index contributed by atoms with van der Waals surface area (Å²) in [6.07, 6.45) is 8.63. The van der Waals surface area contributed by atoms with Crippen LogP contribution in [0.1, 0.15) is 26.2 Å². The fourth-order valence-corrected chi connectivity index (χ4v) is 0.625. The third-order valence-electron chi connectivity index (χ3n) is 1.27. The van der Waals surface area contributed by atoms with Crippen LogP contribution in [-0.4, -0.2) is 19.5 Å². The summed E-state index contributed by atoms with van der Waals surface area (Å²) in [5, 5.41) is 3.22. The Morgan fingerprint density at radius 3 is 1.67 bits per heavy atom. The van der Waals surface area contributed by atoms with Gasteiger partial charge in [0.25, 0.3) is 0 Å². The van der Waals surface area contributed by atoms with Crippen molar-refractivity contribution in [3.05, 3.63) is 0 Å². The quantitative estimate of drug-likeness (QED) is 0.606. The van der Waals surface area contributed by atoms with Crippen LogP contribution in [-0.2, 0) is 0 Å². The SMILES string of the molecule is C#C.C1CCNC1.CCC(F)F. The lowest BCUT2D eigenvalue weighted by atomic mass is 10.4. The Morgan fingerprint density at radius 2 is 1.58 bits per heavy atom. The lowest BCUT2D eigenvalue weighted by Crippen LogP contribution is -2.03. The van der Waals surface area contributed by atoms with E-state index in [2.05, 4.69) is 18.2 Å². The predicted molar refractivity (Wildman–Crippen MR) is 48.3 cm³/mol. The third kappa shape index (κ3) is 16.2. The van der Waals surface area contributed by atoms with Crippen LogP contribution < -0.4 is 5.32 Å². The molecule has 0 atom stereocenters. The standard InChI is InChI=1S/C4H9N.C3H6F2.C2H2/c1-2-4-5-3-1;1-2-3(4)5;1-2/h5H,1-4H2;3H,2H2,1H3;1-2H. The molecule has 0 aromatic rings. The van der Waals surface area contributed by atoms with Crippen molar-refractivity contribution in [2.75, 3.05) is 13.1 Å². The normalized spacial score (nSPS) is 14.2. The molecule has 1 fully saturated rings. The molecule has 0 unspecified atom stereocenters. The van der Waals surface area contributed by atoms with E-state index in [1.165, 1.54) is 32.9 Å². The number of terminal acetylenes is 1. The average molecular weight is 177 g/mol. The molecule has 12 heavy (non-hydrogen) atoms. The highest BCUT2D eigenvalue weighted by atomic mass is 19.3. The lowest BCUT2D eigenvalue weighted by Gasteiger charge is -1.81. The van der Waals surface area contributed by atoms with Gasteiger partial charge in [0.05, 0.1) is 0 Å². The molecule has 1 N–H and O–H groups in total. The van der Waals surface area contributed by atoms with E-state index in [-0.39, 0.29) is 6.42 Å². The Labute approximate surface area is 73.5 Å². The van der Waals surface area contributed by atoms with E-state index < -0.39 is 6.43 Å². The monoisotopic (exact) mass is 177 g/mol. The molecule has 1 nitrogen and oxygen atoms in total. The second kappa shape index (κ2) is 13.0. The summed E-state index contributed by atoms with van der Waals surface area (Å²) in [5.41, 5.74) is 0. The van der Waals surface area contributed by atoms with Gasteiger partial charge in [0.2, 0.25) is 6.43 Å². The molecule has 1 aliphatic rings. The lowest BCUT2D eigenvalue weighted by molar-refractivity contribution is 0.144. The first-order valence-corrected chi connectivity index (χ1v) is 4.09. The molecule has 0 radical (unpaired) electrons. The van der Waals surface area contributed by atoms with Crippen LogP contribution in [0.3, 0.4) is 0 Å². The van der Waals surface area contributed by atoms with Gasteiger partial charge in [0, 0.05) is 6.42 Å². The van der Waals surface area contributed by atoms with Crippen LogP contribution >= 0.6 is 0 Å². The molecule has 72 valence electrons. The summed E-state index contributed by atoms with van der Waals surface area (Å²) in [7, 11) is 0. The first kappa shape index (κ1) is 13.9. The molecule has 1 heterocycles. The van der Waals surface area contributed by atoms with E-state index in [9.17, 15) is 8.78 Å². The number of alkyl halides is 2. The average Bonchev–Trinajstić information content (AvgIpc) is 2.65. The van der Waals surface area contributed by atoms with Gasteiger partial charge in [-0.1, -0.05) is 6.92 Å². The van der Waals surface area contributed by atoms with E-state index in [4.69, 9.17) is 0 Å². The Balaban J connectivity index is 0. The molecular formula is C9H17F2N. The van der Waals surface area contributed by atoms with Crippen LogP contribution in [0.4, 0.5) is 8.78 Å². The van der Waals surface area contributed by atoms with Crippen molar-refractivity contribution in [3.8, 4) is 12.8 Å². The molecule has 3 heteroatoms. The van der Waals surface area contributed by atoms with Crippen molar-refractivity contribution in [1.29, 1.82) is 0 Å². The highest BCUT2D eigenvalue weighted by molar-refractivity contribution is 4.55. The molecule has 0 spiro atoms. The van der Waals surface area contributed by atoms with E-state index in [1.54, 1.807) is 0 Å². The predicted octanol–water partition coefficient (Wildman–Crippen LogP) is 2.28. The minimum absolute atomic E-state index is 0.0278. The third-order valence-corrected chi connectivity index (χ3v) is 1.27. The molecule has 1 rings (SSSR count). The van der Waals surface area contributed by atoms with Crippen molar-refractivity contribution in [2.24, 2.45) is 0 Å². The van der Waals surface area contributed by atoms with Crippen LogP contribution in [0.15, 0.2) is 0 Å². The van der Waals surface area contributed by atoms with Gasteiger partial charge in [0.1, 0.15) is 0 Å². The topological polar surface area (TPSA) is 12.0 Å². The zero-order valence-corrected chi connectivity index (χ0v) is 7.52. The largest absolute Gasteiger partial charge is 0.317 e. The van der Waals surface area contributed by atoms with E-state index in [1.807, 2.05) is 0 Å². The molecule has 0 amide bonds. The number of hydrogen-bond donors (Lipinski definition) is 1. The molecule has 0 aliphatic carbocycles. The summed E-state index contributed by atoms with van der Waals surface area (Å²) in [6.45, 7) is 3.95. The number of halogens is 2. The Bertz CT molecular complexity index is 80.2. The van der Waals surface area contributed by atoms with Crippen LogP contribution in [0, 0.1) is 12.8 Å². The van der Waals surface area contributed by atoms with Gasteiger partial charge in [-0.25, -0.2) is 8.78 Å². The minimum atomic E-state index is -2.12. The van der Waals surface area contributed by atoms with E-state index >= 15 is 0 Å². The summed E-state index contributed by atoms with van der Waals surface area (Å²) < 4.78 is 21.5. The van der Waals surface area contributed by atoms with E-state index in [0.29, 0.717) is 0 Å². The number of hydrogen-bond acceptors (Lipinski definition) is 1. The fraction of sp³-hybridized carbons (Fsp3) is 0.778. The van der Waals surface area contributed by atoms with Gasteiger partial charge in [0.15, 0.2) is 0 Å². The van der Waals surface area contributed by atoms with Crippen molar-refractivity contribution in [2.45, 2.75) is 32.6 Å². The first-order valence-electron chi connectivity index (χ1n) is 4.09. The van der Waals surface area contributed by atoms with Crippen molar-refractivity contribution >= 4 is 0 Å². The van der Waals surface area contributed by atoms with Gasteiger partial charge in [-0.2, -0.15) is 0 Å². The zero-order chi connectivity index (χ0) is 9.82. The summed E-state index contributed by atoms with van der Waals surface area (Å²) in [5.74, 6) is 0. The van der Waals surface area contributed by atoms with Crippen LogP contribution in [0.5, 0.6) is 0 Å². The summed E-state index contributed by atoms with van der Waals surface area (Å²) in [4.78, 5) is 0. The van der Waals surface area contributed by atoms with Gasteiger partial charge >= 0.3 is 0 Å². The highest BCUT2D eigenvalue weighted by Crippen LogP contribution is 1.93. The van der Waals surface area contributed by atoms with Crippen molar-refractivity contribution in [3.63, 3.8) is 0 Å². The minimum Gasteiger partial charge on any atom is -0.317 e. The second-order valence-electron chi connectivity index (χ2n) is 2.26. The van der Waals surface area contributed by atoms with Crippen molar-refractivity contribution < 1.29 is 8.78 Å². The first-order chi connectivity index (χ1) is 5.77. The molecule has 0 aromatic carbocycles. The van der Waals surface area contributed by atoms with Crippen LogP contribution in [0.25, 0.3) is 0 Å². The van der Waals surface area contributed by atoms with Gasteiger partial charge in [-0.05, 0) is 25.9 Å². The zero-order valence-electron chi connectivity index (χ0n) is 7.52. The Morgan fingerprint density at radius 1 is 1.25 bits per heavy atom. The highest BCUT2D eigenvalue weighted by Gasteiger charge is 1.93. The maximum atomic E-state index is 10.8. The molecule has 1 aliphatic heterocycles. The maximum absolute atomic E-state index is 10.8. The van der Waals surface area contributed by atoms with Gasteiger partial charge in [-0.3, -0.25) is 0 Å². The Kier molecular flexibility index (Phi) is 15.1.